The maximum Gasteiger partial charge on any atom is 0.433 e. The summed E-state index contributed by atoms with van der Waals surface area (Å²) in [4.78, 5) is 27.8. The van der Waals surface area contributed by atoms with Crippen LogP contribution < -0.4 is 15.0 Å². The van der Waals surface area contributed by atoms with Crippen LogP contribution in [0.5, 0.6) is 5.88 Å². The molecule has 0 atom stereocenters. The van der Waals surface area contributed by atoms with Crippen LogP contribution in [0.4, 0.5) is 24.8 Å². The molecule has 0 unspecified atom stereocenters. The number of hydrogen-bond donors (Lipinski definition) is 2. The van der Waals surface area contributed by atoms with Gasteiger partial charge in [-0.1, -0.05) is 24.3 Å². The molecule has 0 radical (unpaired) electrons. The molecule has 13 heteroatoms. The van der Waals surface area contributed by atoms with Gasteiger partial charge in [-0.2, -0.15) is 18.2 Å². The lowest BCUT2D eigenvalue weighted by Gasteiger charge is -2.37. The van der Waals surface area contributed by atoms with E-state index in [1.54, 1.807) is 26.2 Å². The van der Waals surface area contributed by atoms with Gasteiger partial charge in [0, 0.05) is 31.1 Å². The van der Waals surface area contributed by atoms with E-state index in [4.69, 9.17) is 4.74 Å². The zero-order valence-electron chi connectivity index (χ0n) is 23.8. The number of methoxy groups -OCH3 is 1. The Morgan fingerprint density at radius 3 is 2.37 bits per heavy atom. The van der Waals surface area contributed by atoms with Crippen molar-refractivity contribution in [2.75, 3.05) is 30.4 Å². The number of hydrogen-bond acceptors (Lipinski definition) is 10. The maximum atomic E-state index is 13.6. The summed E-state index contributed by atoms with van der Waals surface area (Å²) in [5, 5.41) is 13.5. The number of rotatable bonds is 8. The predicted octanol–water partition coefficient (Wildman–Crippen LogP) is 5.26. The van der Waals surface area contributed by atoms with Crippen LogP contribution in [0.15, 0.2) is 49.1 Å². The minimum absolute atomic E-state index is 0.253. The molecule has 2 N–H and O–H groups in total. The fourth-order valence-corrected chi connectivity index (χ4v) is 5.18. The lowest BCUT2D eigenvalue weighted by atomic mass is 9.93. The largest absolute Gasteiger partial charge is 0.480 e. The lowest BCUT2D eigenvalue weighted by Crippen LogP contribution is -2.42. The molecule has 10 nitrogen and oxygen atoms in total. The first-order chi connectivity index (χ1) is 20.6. The number of nitrogens with one attached hydrogen (secondary N) is 1. The topological polar surface area (TPSA) is 122 Å². The van der Waals surface area contributed by atoms with Crippen molar-refractivity contribution in [3.8, 4) is 28.5 Å². The SMILES string of the molecule is COc1ncnc(C2CC2)c1-c1ncnc(NCc2ccc(-c3nc(C(F)(F)F)ccc3N3CCC(C)(O)CC3)cc2)n1. The van der Waals surface area contributed by atoms with Crippen LogP contribution in [0.1, 0.15) is 55.5 Å². The molecular weight excluding hydrogens is 561 g/mol. The van der Waals surface area contributed by atoms with Crippen molar-refractivity contribution in [1.29, 1.82) is 0 Å². The standard InChI is InChI=1S/C30H31F3N8O2/c1-29(42)11-13-41(14-12-29)21-9-10-22(30(31,32)33)39-24(21)19-5-3-18(4-6-19)15-34-28-38-17-36-26(40-28)23-25(20-7-8-20)35-16-37-27(23)43-2/h3-6,9-10,16-17,20,42H,7-8,11-15H2,1-2H3,(H,34,36,38,40). The van der Waals surface area contributed by atoms with Crippen LogP contribution in [0, 0.1) is 0 Å². The third kappa shape index (κ3) is 6.36. The molecule has 0 bridgehead atoms. The number of alkyl halides is 3. The van der Waals surface area contributed by atoms with Gasteiger partial charge in [-0.3, -0.25) is 0 Å². The number of nitrogens with zero attached hydrogens (tertiary/aromatic N) is 7. The smallest absolute Gasteiger partial charge is 0.433 e. The minimum Gasteiger partial charge on any atom is -0.480 e. The number of pyridine rings is 1. The predicted molar refractivity (Wildman–Crippen MR) is 153 cm³/mol. The van der Waals surface area contributed by atoms with Gasteiger partial charge in [0.1, 0.15) is 23.9 Å². The lowest BCUT2D eigenvalue weighted by molar-refractivity contribution is -0.141. The summed E-state index contributed by atoms with van der Waals surface area (Å²) in [6, 6.07) is 9.66. The summed E-state index contributed by atoms with van der Waals surface area (Å²) in [7, 11) is 1.54. The van der Waals surface area contributed by atoms with E-state index >= 15 is 0 Å². The highest BCUT2D eigenvalue weighted by atomic mass is 19.4. The highest BCUT2D eigenvalue weighted by Gasteiger charge is 2.35. The fraction of sp³-hybridized carbons (Fsp3) is 0.400. The van der Waals surface area contributed by atoms with Crippen molar-refractivity contribution in [3.63, 3.8) is 0 Å². The van der Waals surface area contributed by atoms with Crippen molar-refractivity contribution >= 4 is 11.6 Å². The number of aromatic nitrogens is 6. The Kier molecular flexibility index (Phi) is 7.59. The van der Waals surface area contributed by atoms with E-state index in [1.807, 2.05) is 17.0 Å². The van der Waals surface area contributed by atoms with Gasteiger partial charge in [-0.25, -0.2) is 24.9 Å². The van der Waals surface area contributed by atoms with Crippen molar-refractivity contribution in [2.45, 2.75) is 56.8 Å². The Labute approximate surface area is 246 Å². The van der Waals surface area contributed by atoms with Crippen LogP contribution in [-0.2, 0) is 12.7 Å². The second-order valence-corrected chi connectivity index (χ2v) is 11.1. The first-order valence-electron chi connectivity index (χ1n) is 14.1. The fourth-order valence-electron chi connectivity index (χ4n) is 5.18. The number of halogens is 3. The second kappa shape index (κ2) is 11.4. The van der Waals surface area contributed by atoms with E-state index in [9.17, 15) is 18.3 Å². The molecule has 6 rings (SSSR count). The van der Waals surface area contributed by atoms with E-state index in [1.165, 1.54) is 18.7 Å². The van der Waals surface area contributed by atoms with Crippen molar-refractivity contribution in [1.82, 2.24) is 29.9 Å². The van der Waals surface area contributed by atoms with Crippen LogP contribution in [0.2, 0.25) is 0 Å². The molecule has 224 valence electrons. The third-order valence-electron chi connectivity index (χ3n) is 7.82. The molecule has 1 saturated carbocycles. The zero-order chi connectivity index (χ0) is 30.2. The van der Waals surface area contributed by atoms with E-state index in [0.29, 0.717) is 72.9 Å². The summed E-state index contributed by atoms with van der Waals surface area (Å²) in [6.45, 7) is 3.18. The highest BCUT2D eigenvalue weighted by Crippen LogP contribution is 2.45. The molecule has 0 amide bonds. The molecule has 1 aromatic carbocycles. The van der Waals surface area contributed by atoms with Gasteiger partial charge in [0.15, 0.2) is 5.82 Å². The van der Waals surface area contributed by atoms with Gasteiger partial charge < -0.3 is 20.1 Å². The number of anilines is 2. The maximum absolute atomic E-state index is 13.6. The van der Waals surface area contributed by atoms with Gasteiger partial charge in [-0.05, 0) is 50.3 Å². The van der Waals surface area contributed by atoms with Gasteiger partial charge in [0.05, 0.1) is 29.8 Å². The number of benzene rings is 1. The average molecular weight is 593 g/mol. The minimum atomic E-state index is -4.57. The van der Waals surface area contributed by atoms with E-state index in [-0.39, 0.29) is 5.69 Å². The Bertz CT molecular complexity index is 1600. The third-order valence-corrected chi connectivity index (χ3v) is 7.82. The van der Waals surface area contributed by atoms with Crippen LogP contribution in [0.3, 0.4) is 0 Å². The molecule has 4 heterocycles. The first-order valence-corrected chi connectivity index (χ1v) is 14.1. The number of ether oxygens (including phenoxy) is 1. The number of aliphatic hydroxyl groups is 1. The summed E-state index contributed by atoms with van der Waals surface area (Å²) in [5.41, 5.74) is 2.07. The monoisotopic (exact) mass is 592 g/mol. The van der Waals surface area contributed by atoms with Crippen LogP contribution in [-0.4, -0.2) is 60.8 Å². The molecule has 0 spiro atoms. The Morgan fingerprint density at radius 1 is 0.977 bits per heavy atom. The highest BCUT2D eigenvalue weighted by molar-refractivity contribution is 5.76. The average Bonchev–Trinajstić information content (AvgIpc) is 3.85. The zero-order valence-corrected chi connectivity index (χ0v) is 23.8. The van der Waals surface area contributed by atoms with E-state index < -0.39 is 17.5 Å². The molecular formula is C30H31F3N8O2. The van der Waals surface area contributed by atoms with Gasteiger partial charge in [-0.15, -0.1) is 0 Å². The normalized spacial score (nSPS) is 16.7. The Balaban J connectivity index is 1.22. The Hall–Kier alpha value is -4.39. The molecule has 2 aliphatic rings. The molecule has 1 aliphatic carbocycles. The van der Waals surface area contributed by atoms with Crippen molar-refractivity contribution in [3.05, 3.63) is 66.0 Å². The molecule has 2 fully saturated rings. The molecule has 1 aliphatic heterocycles. The van der Waals surface area contributed by atoms with Gasteiger partial charge in [0.2, 0.25) is 11.8 Å². The Morgan fingerprint density at radius 2 is 1.70 bits per heavy atom. The summed E-state index contributed by atoms with van der Waals surface area (Å²) < 4.78 is 46.2. The molecule has 1 saturated heterocycles. The van der Waals surface area contributed by atoms with Crippen LogP contribution in [0.25, 0.3) is 22.6 Å². The van der Waals surface area contributed by atoms with Gasteiger partial charge >= 0.3 is 6.18 Å². The molecule has 43 heavy (non-hydrogen) atoms. The molecule has 4 aromatic rings. The van der Waals surface area contributed by atoms with Gasteiger partial charge in [0.25, 0.3) is 0 Å². The summed E-state index contributed by atoms with van der Waals surface area (Å²) in [5.74, 6) is 1.50. The van der Waals surface area contributed by atoms with E-state index in [2.05, 4.69) is 35.2 Å². The van der Waals surface area contributed by atoms with E-state index in [0.717, 1.165) is 30.2 Å². The van der Waals surface area contributed by atoms with Crippen molar-refractivity contribution in [2.24, 2.45) is 0 Å². The summed E-state index contributed by atoms with van der Waals surface area (Å²) in [6.07, 6.45) is 1.44. The quantitative estimate of drug-likeness (QED) is 0.280. The van der Waals surface area contributed by atoms with Crippen molar-refractivity contribution < 1.29 is 23.0 Å². The molecule has 3 aromatic heterocycles. The summed E-state index contributed by atoms with van der Waals surface area (Å²) >= 11 is 0. The second-order valence-electron chi connectivity index (χ2n) is 11.1. The van der Waals surface area contributed by atoms with Crippen LogP contribution >= 0.6 is 0 Å². The first kappa shape index (κ1) is 28.7. The number of piperidine rings is 1.